The summed E-state index contributed by atoms with van der Waals surface area (Å²) in [6, 6.07) is 12.2. The Labute approximate surface area is 151 Å². The monoisotopic (exact) mass is 339 g/mol. The Morgan fingerprint density at radius 1 is 1.20 bits per heavy atom. The minimum atomic E-state index is 0.170. The lowest BCUT2D eigenvalue weighted by atomic mass is 10.00. The van der Waals surface area contributed by atoms with E-state index in [1.165, 1.54) is 16.7 Å². The largest absolute Gasteiger partial charge is 0.384 e. The molecular weight excluding hydrogens is 310 g/mol. The number of likely N-dealkylation sites (N-methyl/N-ethyl adjacent to an activating group) is 1. The molecule has 0 saturated heterocycles. The van der Waals surface area contributed by atoms with Crippen LogP contribution in [0, 0.1) is 0 Å². The van der Waals surface area contributed by atoms with Gasteiger partial charge in [0.2, 0.25) is 0 Å². The number of anilines is 1. The van der Waals surface area contributed by atoms with Gasteiger partial charge in [0.15, 0.2) is 0 Å². The molecule has 0 amide bonds. The fourth-order valence-electron chi connectivity index (χ4n) is 3.30. The molecule has 0 saturated carbocycles. The molecule has 2 aromatic rings. The molecule has 25 heavy (non-hydrogen) atoms. The number of nitrogens with zero attached hydrogens (tertiary/aromatic N) is 2. The molecule has 1 aromatic heterocycles. The predicted molar refractivity (Wildman–Crippen MR) is 103 cm³/mol. The van der Waals surface area contributed by atoms with Gasteiger partial charge in [-0.15, -0.1) is 0 Å². The number of benzene rings is 1. The summed E-state index contributed by atoms with van der Waals surface area (Å²) in [4.78, 5) is 6.82. The van der Waals surface area contributed by atoms with Gasteiger partial charge in [-0.05, 0) is 63.9 Å². The third-order valence-electron chi connectivity index (χ3n) is 5.15. The molecule has 3 rings (SSSR count). The van der Waals surface area contributed by atoms with E-state index in [0.717, 1.165) is 31.7 Å². The van der Waals surface area contributed by atoms with Crippen LogP contribution >= 0.6 is 0 Å². The number of nitrogen functional groups attached to an aromatic ring is 1. The number of pyridine rings is 1. The summed E-state index contributed by atoms with van der Waals surface area (Å²) < 4.78 is 6.22. The van der Waals surface area contributed by atoms with Crippen LogP contribution in [0.3, 0.4) is 0 Å². The third-order valence-corrected chi connectivity index (χ3v) is 5.15. The van der Waals surface area contributed by atoms with Crippen LogP contribution in [0.1, 0.15) is 44.4 Å². The first-order chi connectivity index (χ1) is 11.9. The van der Waals surface area contributed by atoms with Crippen LogP contribution in [0.25, 0.3) is 11.3 Å². The zero-order valence-corrected chi connectivity index (χ0v) is 15.7. The summed E-state index contributed by atoms with van der Waals surface area (Å²) in [5.41, 5.74) is 10.8. The molecule has 134 valence electrons. The Bertz CT molecular complexity index is 736. The minimum absolute atomic E-state index is 0.170. The van der Waals surface area contributed by atoms with Crippen LogP contribution in [0.5, 0.6) is 0 Å². The molecule has 1 heterocycles. The number of aromatic nitrogens is 1. The van der Waals surface area contributed by atoms with Crippen molar-refractivity contribution in [2.24, 2.45) is 0 Å². The van der Waals surface area contributed by atoms with Crippen LogP contribution < -0.4 is 5.73 Å². The topological polar surface area (TPSA) is 51.4 Å². The zero-order chi connectivity index (χ0) is 18.0. The molecule has 0 spiro atoms. The Morgan fingerprint density at radius 2 is 1.96 bits per heavy atom. The van der Waals surface area contributed by atoms with Crippen molar-refractivity contribution in [2.45, 2.75) is 45.3 Å². The molecule has 1 atom stereocenters. The summed E-state index contributed by atoms with van der Waals surface area (Å²) in [6.45, 7) is 8.36. The highest BCUT2D eigenvalue weighted by molar-refractivity contribution is 5.67. The van der Waals surface area contributed by atoms with Crippen LogP contribution in [-0.2, 0) is 11.2 Å². The van der Waals surface area contributed by atoms with Gasteiger partial charge in [-0.1, -0.05) is 24.3 Å². The summed E-state index contributed by atoms with van der Waals surface area (Å²) in [6.07, 6.45) is 2.25. The third kappa shape index (κ3) is 4.02. The number of hydrogen-bond acceptors (Lipinski definition) is 4. The molecule has 1 aliphatic carbocycles. The second kappa shape index (κ2) is 7.14. The van der Waals surface area contributed by atoms with Crippen LogP contribution in [0.15, 0.2) is 36.4 Å². The first-order valence-electron chi connectivity index (χ1n) is 9.04. The fraction of sp³-hybridized carbons (Fsp3) is 0.476. The highest BCUT2D eigenvalue weighted by atomic mass is 16.5. The normalized spacial score (nSPS) is 17.1. The van der Waals surface area contributed by atoms with Crippen molar-refractivity contribution in [3.05, 3.63) is 47.5 Å². The van der Waals surface area contributed by atoms with E-state index in [-0.39, 0.29) is 11.6 Å². The van der Waals surface area contributed by atoms with E-state index in [1.807, 2.05) is 18.2 Å². The van der Waals surface area contributed by atoms with E-state index in [1.54, 1.807) is 0 Å². The molecule has 1 aromatic carbocycles. The van der Waals surface area contributed by atoms with Gasteiger partial charge in [0.25, 0.3) is 0 Å². The fourth-order valence-corrected chi connectivity index (χ4v) is 3.30. The van der Waals surface area contributed by atoms with Gasteiger partial charge in [-0.2, -0.15) is 0 Å². The maximum absolute atomic E-state index is 6.22. The number of hydrogen-bond donors (Lipinski definition) is 1. The highest BCUT2D eigenvalue weighted by Crippen LogP contribution is 2.39. The van der Waals surface area contributed by atoms with Crippen molar-refractivity contribution in [1.29, 1.82) is 0 Å². The number of ether oxygens (including phenoxy) is 1. The molecule has 0 radical (unpaired) electrons. The first kappa shape index (κ1) is 17.9. The second-order valence-electron chi connectivity index (χ2n) is 7.81. The highest BCUT2D eigenvalue weighted by Gasteiger charge is 2.26. The maximum Gasteiger partial charge on any atom is 0.124 e. The molecule has 0 fully saturated rings. The molecule has 1 unspecified atom stereocenters. The van der Waals surface area contributed by atoms with Crippen molar-refractivity contribution in [2.75, 3.05) is 25.9 Å². The van der Waals surface area contributed by atoms with Crippen LogP contribution in [0.2, 0.25) is 0 Å². The van der Waals surface area contributed by atoms with Crippen molar-refractivity contribution in [3.8, 4) is 11.3 Å². The van der Waals surface area contributed by atoms with Gasteiger partial charge < -0.3 is 10.5 Å². The summed E-state index contributed by atoms with van der Waals surface area (Å²) in [7, 11) is 2.15. The molecular formula is C21H29N3O. The Kier molecular flexibility index (Phi) is 5.11. The molecule has 4 nitrogen and oxygen atoms in total. The Morgan fingerprint density at radius 3 is 2.68 bits per heavy atom. The van der Waals surface area contributed by atoms with Gasteiger partial charge in [-0.3, -0.25) is 4.90 Å². The molecule has 1 aliphatic rings. The maximum atomic E-state index is 6.22. The van der Waals surface area contributed by atoms with Crippen molar-refractivity contribution >= 4 is 5.82 Å². The van der Waals surface area contributed by atoms with E-state index in [2.05, 4.69) is 55.9 Å². The van der Waals surface area contributed by atoms with Gasteiger partial charge in [0.1, 0.15) is 5.82 Å². The standard InChI is InChI=1S/C21H29N3O/c1-21(2,3)24(4)13-14-25-19-12-11-15-16(7-5-8-17(15)19)18-9-6-10-20(22)23-18/h5-10,19H,11-14H2,1-4H3,(H2,22,23). The lowest BCUT2D eigenvalue weighted by Gasteiger charge is -2.32. The van der Waals surface area contributed by atoms with Gasteiger partial charge >= 0.3 is 0 Å². The van der Waals surface area contributed by atoms with Crippen LogP contribution in [0.4, 0.5) is 5.82 Å². The van der Waals surface area contributed by atoms with Gasteiger partial charge in [-0.25, -0.2) is 4.98 Å². The number of rotatable bonds is 5. The van der Waals surface area contributed by atoms with Crippen molar-refractivity contribution in [1.82, 2.24) is 9.88 Å². The number of fused-ring (bicyclic) bond motifs is 1. The summed E-state index contributed by atoms with van der Waals surface area (Å²) in [5, 5.41) is 0. The zero-order valence-electron chi connectivity index (χ0n) is 15.7. The van der Waals surface area contributed by atoms with Crippen molar-refractivity contribution in [3.63, 3.8) is 0 Å². The minimum Gasteiger partial charge on any atom is -0.384 e. The SMILES string of the molecule is CN(CCOC1CCc2c(-c3cccc(N)n3)cccc21)C(C)(C)C. The van der Waals surface area contributed by atoms with E-state index < -0.39 is 0 Å². The molecule has 4 heteroatoms. The Hall–Kier alpha value is -1.91. The smallest absolute Gasteiger partial charge is 0.124 e. The van der Waals surface area contributed by atoms with E-state index >= 15 is 0 Å². The number of nitrogens with two attached hydrogens (primary N) is 1. The van der Waals surface area contributed by atoms with Gasteiger partial charge in [0.05, 0.1) is 18.4 Å². The molecule has 0 aliphatic heterocycles. The van der Waals surface area contributed by atoms with E-state index in [4.69, 9.17) is 10.5 Å². The lowest BCUT2D eigenvalue weighted by Crippen LogP contribution is -2.40. The quantitative estimate of drug-likeness (QED) is 0.892. The van der Waals surface area contributed by atoms with E-state index in [9.17, 15) is 0 Å². The first-order valence-corrected chi connectivity index (χ1v) is 9.04. The summed E-state index contributed by atoms with van der Waals surface area (Å²) >= 11 is 0. The molecule has 0 bridgehead atoms. The van der Waals surface area contributed by atoms with E-state index in [0.29, 0.717) is 5.82 Å². The lowest BCUT2D eigenvalue weighted by molar-refractivity contribution is 0.0272. The summed E-state index contributed by atoms with van der Waals surface area (Å²) in [5.74, 6) is 0.561. The van der Waals surface area contributed by atoms with Crippen LogP contribution in [-0.4, -0.2) is 35.6 Å². The average Bonchev–Trinajstić information content (AvgIpc) is 2.97. The molecule has 2 N–H and O–H groups in total. The van der Waals surface area contributed by atoms with Crippen molar-refractivity contribution < 1.29 is 4.74 Å². The Balaban J connectivity index is 1.72. The average molecular weight is 339 g/mol. The second-order valence-corrected chi connectivity index (χ2v) is 7.81. The van der Waals surface area contributed by atoms with Gasteiger partial charge in [0, 0.05) is 17.6 Å². The predicted octanol–water partition coefficient (Wildman–Crippen LogP) is 4.07.